The Balaban J connectivity index is 2.85. The molecule has 104 valence electrons. The summed E-state index contributed by atoms with van der Waals surface area (Å²) in [5, 5.41) is 8.76. The Bertz CT molecular complexity index is 469. The maximum atomic E-state index is 12.2. The van der Waals surface area contributed by atoms with Crippen molar-refractivity contribution in [2.45, 2.75) is 31.1 Å². The Hall–Kier alpha value is -0.500. The molecule has 1 aromatic heterocycles. The van der Waals surface area contributed by atoms with Gasteiger partial charge in [0.05, 0.1) is 0 Å². The zero-order chi connectivity index (χ0) is 13.8. The van der Waals surface area contributed by atoms with Crippen LogP contribution in [0.3, 0.4) is 0 Å². The zero-order valence-electron chi connectivity index (χ0n) is 10.8. The molecule has 0 saturated heterocycles. The van der Waals surface area contributed by atoms with E-state index in [4.69, 9.17) is 9.52 Å². The van der Waals surface area contributed by atoms with Crippen molar-refractivity contribution in [2.24, 2.45) is 0 Å². The topological polar surface area (TPSA) is 70.8 Å². The van der Waals surface area contributed by atoms with Crippen molar-refractivity contribution < 1.29 is 17.9 Å². The summed E-state index contributed by atoms with van der Waals surface area (Å²) in [7, 11) is -2.07. The molecule has 0 aromatic carbocycles. The van der Waals surface area contributed by atoms with Gasteiger partial charge in [0.1, 0.15) is 12.4 Å². The van der Waals surface area contributed by atoms with Gasteiger partial charge in [0.2, 0.25) is 5.09 Å². The number of hydrogen-bond acceptors (Lipinski definition) is 5. The van der Waals surface area contributed by atoms with Gasteiger partial charge in [-0.3, -0.25) is 0 Å². The molecule has 1 heterocycles. The van der Waals surface area contributed by atoms with Crippen LogP contribution in [0.2, 0.25) is 0 Å². The van der Waals surface area contributed by atoms with E-state index < -0.39 is 10.0 Å². The van der Waals surface area contributed by atoms with Crippen molar-refractivity contribution in [3.05, 3.63) is 17.9 Å². The second-order valence-electron chi connectivity index (χ2n) is 4.03. The van der Waals surface area contributed by atoms with Crippen LogP contribution in [0.15, 0.2) is 21.6 Å². The molecule has 1 N–H and O–H groups in total. The third-order valence-corrected chi connectivity index (χ3v) is 5.28. The van der Waals surface area contributed by atoms with Crippen LogP contribution in [0.25, 0.3) is 0 Å². The van der Waals surface area contributed by atoms with Crippen LogP contribution in [0.1, 0.15) is 19.1 Å². The molecule has 0 aliphatic heterocycles. The lowest BCUT2D eigenvalue weighted by atomic mass is 10.3. The Labute approximate surface area is 112 Å². The Morgan fingerprint density at radius 1 is 1.50 bits per heavy atom. The highest BCUT2D eigenvalue weighted by Crippen LogP contribution is 2.20. The number of sulfonamides is 1. The average molecular weight is 293 g/mol. The molecule has 1 atom stereocenters. The number of hydrogen-bond donors (Lipinski definition) is 1. The number of aliphatic hydroxyl groups excluding tert-OH is 1. The third kappa shape index (κ3) is 3.50. The van der Waals surface area contributed by atoms with Crippen LogP contribution in [-0.4, -0.2) is 42.9 Å². The molecule has 18 heavy (non-hydrogen) atoms. The van der Waals surface area contributed by atoms with E-state index in [0.29, 0.717) is 0 Å². The molecule has 1 unspecified atom stereocenters. The molecule has 0 radical (unpaired) electrons. The Kier molecular flexibility index (Phi) is 5.71. The van der Waals surface area contributed by atoms with Gasteiger partial charge < -0.3 is 9.52 Å². The molecule has 0 spiro atoms. The maximum Gasteiger partial charge on any atom is 0.276 e. The number of furan rings is 1. The summed E-state index contributed by atoms with van der Waals surface area (Å²) >= 11 is 1.68. The van der Waals surface area contributed by atoms with Gasteiger partial charge in [-0.05, 0) is 37.5 Å². The average Bonchev–Trinajstić information content (AvgIpc) is 2.84. The first-order valence-electron chi connectivity index (χ1n) is 5.60. The van der Waals surface area contributed by atoms with Crippen LogP contribution in [-0.2, 0) is 16.6 Å². The number of rotatable bonds is 7. The van der Waals surface area contributed by atoms with Crippen molar-refractivity contribution in [3.63, 3.8) is 0 Å². The summed E-state index contributed by atoms with van der Waals surface area (Å²) in [5.41, 5.74) is 0. The van der Waals surface area contributed by atoms with Gasteiger partial charge in [-0.15, -0.1) is 0 Å². The van der Waals surface area contributed by atoms with Crippen molar-refractivity contribution in [1.82, 2.24) is 4.31 Å². The van der Waals surface area contributed by atoms with E-state index in [1.807, 2.05) is 13.2 Å². The van der Waals surface area contributed by atoms with Gasteiger partial charge in [0.15, 0.2) is 0 Å². The van der Waals surface area contributed by atoms with E-state index in [0.717, 1.165) is 12.2 Å². The second kappa shape index (κ2) is 6.60. The monoisotopic (exact) mass is 293 g/mol. The van der Waals surface area contributed by atoms with Gasteiger partial charge in [-0.25, -0.2) is 8.42 Å². The van der Waals surface area contributed by atoms with E-state index in [1.54, 1.807) is 18.8 Å². The lowest BCUT2D eigenvalue weighted by Crippen LogP contribution is -2.35. The fraction of sp³-hybridized carbons (Fsp3) is 0.636. The standard InChI is InChI=1S/C11H19NO4S2/c1-9(6-7-17-3)12(2)18(14,15)11-5-4-10(8-13)16-11/h4-5,9,13H,6-8H2,1-3H3. The number of thioether (sulfide) groups is 1. The molecule has 0 saturated carbocycles. The predicted octanol–water partition coefficient (Wildman–Crippen LogP) is 1.53. The van der Waals surface area contributed by atoms with Crippen molar-refractivity contribution in [3.8, 4) is 0 Å². The highest BCUT2D eigenvalue weighted by Gasteiger charge is 2.28. The fourth-order valence-corrected chi connectivity index (χ4v) is 3.32. The summed E-state index contributed by atoms with van der Waals surface area (Å²) < 4.78 is 30.8. The Morgan fingerprint density at radius 2 is 2.17 bits per heavy atom. The fourth-order valence-electron chi connectivity index (χ4n) is 1.43. The van der Waals surface area contributed by atoms with Gasteiger partial charge >= 0.3 is 0 Å². The Morgan fingerprint density at radius 3 is 2.67 bits per heavy atom. The highest BCUT2D eigenvalue weighted by molar-refractivity contribution is 7.98. The lowest BCUT2D eigenvalue weighted by Gasteiger charge is -2.22. The first-order chi connectivity index (χ1) is 8.43. The van der Waals surface area contributed by atoms with Crippen LogP contribution in [0.4, 0.5) is 0 Å². The van der Waals surface area contributed by atoms with E-state index in [1.165, 1.54) is 16.4 Å². The first kappa shape index (κ1) is 15.6. The second-order valence-corrected chi connectivity index (χ2v) is 6.94. The molecule has 1 rings (SSSR count). The molecule has 0 aliphatic carbocycles. The van der Waals surface area contributed by atoms with E-state index in [-0.39, 0.29) is 23.5 Å². The summed E-state index contributed by atoms with van der Waals surface area (Å²) in [6.07, 6.45) is 2.77. The smallest absolute Gasteiger partial charge is 0.276 e. The minimum atomic E-state index is -3.61. The van der Waals surface area contributed by atoms with Crippen LogP contribution >= 0.6 is 11.8 Å². The van der Waals surface area contributed by atoms with Crippen LogP contribution in [0, 0.1) is 0 Å². The van der Waals surface area contributed by atoms with Crippen LogP contribution < -0.4 is 0 Å². The van der Waals surface area contributed by atoms with E-state index in [2.05, 4.69) is 0 Å². The maximum absolute atomic E-state index is 12.2. The van der Waals surface area contributed by atoms with Gasteiger partial charge in [0.25, 0.3) is 10.0 Å². The molecular weight excluding hydrogens is 274 g/mol. The van der Waals surface area contributed by atoms with Crippen LogP contribution in [0.5, 0.6) is 0 Å². The van der Waals surface area contributed by atoms with E-state index >= 15 is 0 Å². The number of nitrogens with zero attached hydrogens (tertiary/aromatic N) is 1. The summed E-state index contributed by atoms with van der Waals surface area (Å²) in [6, 6.07) is 2.75. The van der Waals surface area contributed by atoms with Gasteiger partial charge in [0, 0.05) is 13.1 Å². The van der Waals surface area contributed by atoms with Gasteiger partial charge in [-0.1, -0.05) is 0 Å². The molecule has 1 aromatic rings. The summed E-state index contributed by atoms with van der Waals surface area (Å²) in [6.45, 7) is 1.56. The lowest BCUT2D eigenvalue weighted by molar-refractivity contribution is 0.234. The minimum Gasteiger partial charge on any atom is -0.446 e. The molecule has 0 bridgehead atoms. The summed E-state index contributed by atoms with van der Waals surface area (Å²) in [5.74, 6) is 1.15. The molecule has 7 heteroatoms. The molecule has 0 amide bonds. The van der Waals surface area contributed by atoms with Gasteiger partial charge in [-0.2, -0.15) is 16.1 Å². The molecule has 5 nitrogen and oxygen atoms in total. The largest absolute Gasteiger partial charge is 0.446 e. The van der Waals surface area contributed by atoms with Crippen molar-refractivity contribution in [1.29, 1.82) is 0 Å². The summed E-state index contributed by atoms with van der Waals surface area (Å²) in [4.78, 5) is 0. The van der Waals surface area contributed by atoms with Crippen molar-refractivity contribution >= 4 is 21.8 Å². The zero-order valence-corrected chi connectivity index (χ0v) is 12.4. The normalized spacial score (nSPS) is 14.1. The highest BCUT2D eigenvalue weighted by atomic mass is 32.2. The minimum absolute atomic E-state index is 0.0925. The molecule has 0 fully saturated rings. The van der Waals surface area contributed by atoms with E-state index in [9.17, 15) is 8.42 Å². The number of aliphatic hydroxyl groups is 1. The predicted molar refractivity (Wildman–Crippen MR) is 72.0 cm³/mol. The molecule has 0 aliphatic rings. The van der Waals surface area contributed by atoms with Crippen molar-refractivity contribution in [2.75, 3.05) is 19.1 Å². The molecular formula is C11H19NO4S2. The third-order valence-electron chi connectivity index (χ3n) is 2.79. The SMILES string of the molecule is CSCCC(C)N(C)S(=O)(=O)c1ccc(CO)o1. The quantitative estimate of drug-likeness (QED) is 0.825. The first-order valence-corrected chi connectivity index (χ1v) is 8.43.